The SMILES string of the molecule is COc1ccccc1Nc1ncccc1C(=O)NC1CCC(O)CC1. The standard InChI is InChI=1S/C19H23N3O3/c1-25-17-7-3-2-6-16(17)22-18-15(5-4-12-20-18)19(24)21-13-8-10-14(23)11-9-13/h2-7,12-14,23H,8-11H2,1H3,(H,20,22)(H,21,24). The maximum atomic E-state index is 12.7. The summed E-state index contributed by atoms with van der Waals surface area (Å²) in [5, 5.41) is 15.8. The summed E-state index contributed by atoms with van der Waals surface area (Å²) in [6.07, 6.45) is 4.44. The van der Waals surface area contributed by atoms with Gasteiger partial charge < -0.3 is 20.5 Å². The van der Waals surface area contributed by atoms with E-state index in [4.69, 9.17) is 4.74 Å². The number of ether oxygens (including phenoxy) is 1. The molecule has 3 rings (SSSR count). The van der Waals surface area contributed by atoms with Crippen molar-refractivity contribution >= 4 is 17.4 Å². The molecule has 2 aromatic rings. The molecule has 25 heavy (non-hydrogen) atoms. The van der Waals surface area contributed by atoms with Gasteiger partial charge in [-0.05, 0) is 49.9 Å². The number of carbonyl (C=O) groups excluding carboxylic acids is 1. The molecule has 0 atom stereocenters. The van der Waals surface area contributed by atoms with Crippen LogP contribution in [0.5, 0.6) is 5.75 Å². The molecule has 6 nitrogen and oxygen atoms in total. The van der Waals surface area contributed by atoms with Crippen LogP contribution in [0.15, 0.2) is 42.6 Å². The molecule has 0 aliphatic heterocycles. The van der Waals surface area contributed by atoms with Crippen LogP contribution in [0.4, 0.5) is 11.5 Å². The Morgan fingerprint density at radius 1 is 1.16 bits per heavy atom. The van der Waals surface area contributed by atoms with Crippen molar-refractivity contribution < 1.29 is 14.6 Å². The molecule has 1 saturated carbocycles. The van der Waals surface area contributed by atoms with Gasteiger partial charge >= 0.3 is 0 Å². The number of hydrogen-bond acceptors (Lipinski definition) is 5. The van der Waals surface area contributed by atoms with Gasteiger partial charge in [-0.2, -0.15) is 0 Å². The number of amides is 1. The van der Waals surface area contributed by atoms with Crippen LogP contribution >= 0.6 is 0 Å². The fraction of sp³-hybridized carbons (Fsp3) is 0.368. The predicted octanol–water partition coefficient (Wildman–Crippen LogP) is 2.87. The van der Waals surface area contributed by atoms with Crippen LogP contribution in [0, 0.1) is 0 Å². The average Bonchev–Trinajstić information content (AvgIpc) is 2.64. The van der Waals surface area contributed by atoms with Crippen LogP contribution in [0.1, 0.15) is 36.0 Å². The van der Waals surface area contributed by atoms with Crippen molar-refractivity contribution in [3.63, 3.8) is 0 Å². The molecule has 0 radical (unpaired) electrons. The molecule has 1 fully saturated rings. The maximum Gasteiger partial charge on any atom is 0.255 e. The number of rotatable bonds is 5. The first kappa shape index (κ1) is 17.2. The summed E-state index contributed by atoms with van der Waals surface area (Å²) >= 11 is 0. The Morgan fingerprint density at radius 3 is 2.68 bits per heavy atom. The highest BCUT2D eigenvalue weighted by molar-refractivity contribution is 5.99. The summed E-state index contributed by atoms with van der Waals surface area (Å²) in [5.41, 5.74) is 1.23. The average molecular weight is 341 g/mol. The summed E-state index contributed by atoms with van der Waals surface area (Å²) in [7, 11) is 1.60. The Morgan fingerprint density at radius 2 is 1.92 bits per heavy atom. The van der Waals surface area contributed by atoms with E-state index in [0.29, 0.717) is 17.1 Å². The molecule has 3 N–H and O–H groups in total. The van der Waals surface area contributed by atoms with Gasteiger partial charge in [0, 0.05) is 12.2 Å². The van der Waals surface area contributed by atoms with E-state index >= 15 is 0 Å². The van der Waals surface area contributed by atoms with Gasteiger partial charge in [-0.3, -0.25) is 4.79 Å². The Kier molecular flexibility index (Phi) is 5.50. The lowest BCUT2D eigenvalue weighted by molar-refractivity contribution is 0.0868. The summed E-state index contributed by atoms with van der Waals surface area (Å²) in [6, 6.07) is 11.1. The molecule has 0 saturated heterocycles. The fourth-order valence-electron chi connectivity index (χ4n) is 3.05. The van der Waals surface area contributed by atoms with Crippen molar-refractivity contribution in [3.8, 4) is 5.75 Å². The van der Waals surface area contributed by atoms with E-state index in [2.05, 4.69) is 15.6 Å². The van der Waals surface area contributed by atoms with Gasteiger partial charge in [0.05, 0.1) is 24.5 Å². The van der Waals surface area contributed by atoms with Gasteiger partial charge in [0.2, 0.25) is 0 Å². The van der Waals surface area contributed by atoms with Crippen molar-refractivity contribution in [1.29, 1.82) is 0 Å². The Hall–Kier alpha value is -2.60. The second-order valence-electron chi connectivity index (χ2n) is 6.20. The third kappa shape index (κ3) is 4.28. The summed E-state index contributed by atoms with van der Waals surface area (Å²) in [5.74, 6) is 1.01. The molecule has 1 aliphatic carbocycles. The number of pyridine rings is 1. The minimum absolute atomic E-state index is 0.0928. The number of anilines is 2. The summed E-state index contributed by atoms with van der Waals surface area (Å²) in [4.78, 5) is 17.0. The largest absolute Gasteiger partial charge is 0.495 e. The molecule has 0 bridgehead atoms. The highest BCUT2D eigenvalue weighted by Gasteiger charge is 2.22. The van der Waals surface area contributed by atoms with Crippen LogP contribution in [0.25, 0.3) is 0 Å². The number of nitrogens with zero attached hydrogens (tertiary/aromatic N) is 1. The van der Waals surface area contributed by atoms with Crippen LogP contribution < -0.4 is 15.4 Å². The number of carbonyl (C=O) groups is 1. The second-order valence-corrected chi connectivity index (χ2v) is 6.20. The van der Waals surface area contributed by atoms with Gasteiger partial charge in [0.1, 0.15) is 11.6 Å². The molecule has 6 heteroatoms. The lowest BCUT2D eigenvalue weighted by atomic mass is 9.93. The third-order valence-electron chi connectivity index (χ3n) is 4.44. The second kappa shape index (κ2) is 7.98. The molecule has 1 aliphatic rings. The predicted molar refractivity (Wildman–Crippen MR) is 96.2 cm³/mol. The van der Waals surface area contributed by atoms with E-state index in [1.165, 1.54) is 0 Å². The number of aliphatic hydroxyl groups is 1. The first-order chi connectivity index (χ1) is 12.2. The van der Waals surface area contributed by atoms with E-state index in [9.17, 15) is 9.90 Å². The number of methoxy groups -OCH3 is 1. The van der Waals surface area contributed by atoms with Gasteiger partial charge in [0.15, 0.2) is 0 Å². The van der Waals surface area contributed by atoms with E-state index in [1.807, 2.05) is 24.3 Å². The molecule has 0 unspecified atom stereocenters. The van der Waals surface area contributed by atoms with Crippen LogP contribution in [-0.2, 0) is 0 Å². The van der Waals surface area contributed by atoms with Crippen molar-refractivity contribution in [2.24, 2.45) is 0 Å². The van der Waals surface area contributed by atoms with Gasteiger partial charge in [0.25, 0.3) is 5.91 Å². The zero-order chi connectivity index (χ0) is 17.6. The van der Waals surface area contributed by atoms with Crippen molar-refractivity contribution in [3.05, 3.63) is 48.2 Å². The summed E-state index contributed by atoms with van der Waals surface area (Å²) < 4.78 is 5.33. The molecule has 1 aromatic carbocycles. The quantitative estimate of drug-likeness (QED) is 0.779. The minimum atomic E-state index is -0.241. The minimum Gasteiger partial charge on any atom is -0.495 e. The smallest absolute Gasteiger partial charge is 0.255 e. The highest BCUT2D eigenvalue weighted by Crippen LogP contribution is 2.27. The lowest BCUT2D eigenvalue weighted by Gasteiger charge is -2.26. The van der Waals surface area contributed by atoms with E-state index < -0.39 is 0 Å². The molecular formula is C19H23N3O3. The Labute approximate surface area is 147 Å². The van der Waals surface area contributed by atoms with Crippen molar-refractivity contribution in [2.75, 3.05) is 12.4 Å². The van der Waals surface area contributed by atoms with Gasteiger partial charge in [-0.1, -0.05) is 12.1 Å². The highest BCUT2D eigenvalue weighted by atomic mass is 16.5. The number of hydrogen-bond donors (Lipinski definition) is 3. The molecular weight excluding hydrogens is 318 g/mol. The third-order valence-corrected chi connectivity index (χ3v) is 4.44. The Bertz CT molecular complexity index is 727. The number of para-hydroxylation sites is 2. The molecule has 1 amide bonds. The van der Waals surface area contributed by atoms with Crippen LogP contribution in [-0.4, -0.2) is 35.3 Å². The molecule has 1 aromatic heterocycles. The summed E-state index contributed by atoms with van der Waals surface area (Å²) in [6.45, 7) is 0. The Balaban J connectivity index is 1.75. The number of aromatic nitrogens is 1. The monoisotopic (exact) mass is 341 g/mol. The van der Waals surface area contributed by atoms with Crippen molar-refractivity contribution in [2.45, 2.75) is 37.8 Å². The molecule has 132 valence electrons. The number of nitrogens with one attached hydrogen (secondary N) is 2. The normalized spacial score (nSPS) is 19.9. The van der Waals surface area contributed by atoms with Crippen LogP contribution in [0.3, 0.4) is 0 Å². The number of benzene rings is 1. The first-order valence-electron chi connectivity index (χ1n) is 8.51. The van der Waals surface area contributed by atoms with E-state index in [-0.39, 0.29) is 18.1 Å². The van der Waals surface area contributed by atoms with Crippen LogP contribution in [0.2, 0.25) is 0 Å². The fourth-order valence-corrected chi connectivity index (χ4v) is 3.05. The molecule has 0 spiro atoms. The van der Waals surface area contributed by atoms with Gasteiger partial charge in [-0.25, -0.2) is 4.98 Å². The number of aliphatic hydroxyl groups excluding tert-OH is 1. The van der Waals surface area contributed by atoms with E-state index in [0.717, 1.165) is 31.4 Å². The van der Waals surface area contributed by atoms with Gasteiger partial charge in [-0.15, -0.1) is 0 Å². The van der Waals surface area contributed by atoms with E-state index in [1.54, 1.807) is 25.4 Å². The zero-order valence-corrected chi connectivity index (χ0v) is 14.2. The first-order valence-corrected chi connectivity index (χ1v) is 8.51. The lowest BCUT2D eigenvalue weighted by Crippen LogP contribution is -2.38. The van der Waals surface area contributed by atoms with Crippen molar-refractivity contribution in [1.82, 2.24) is 10.3 Å². The zero-order valence-electron chi connectivity index (χ0n) is 14.2. The maximum absolute atomic E-state index is 12.7. The topological polar surface area (TPSA) is 83.5 Å². The molecule has 1 heterocycles.